The van der Waals surface area contributed by atoms with Gasteiger partial charge in [0.2, 0.25) is 0 Å². The Balaban J connectivity index is 1.55. The second kappa shape index (κ2) is 7.82. The van der Waals surface area contributed by atoms with Crippen LogP contribution in [0.1, 0.15) is 22.2 Å². The number of aryl methyl sites for hydroxylation is 1. The van der Waals surface area contributed by atoms with Crippen LogP contribution in [0.15, 0.2) is 66.7 Å². The highest BCUT2D eigenvalue weighted by molar-refractivity contribution is 7.16. The number of anilines is 1. The second-order valence-corrected chi connectivity index (χ2v) is 7.60. The van der Waals surface area contributed by atoms with E-state index >= 15 is 0 Å². The van der Waals surface area contributed by atoms with Gasteiger partial charge in [-0.2, -0.15) is 0 Å². The molecular weight excluding hydrogens is 368 g/mol. The number of hydrogen-bond donors (Lipinski definition) is 1. The Labute approximate surface area is 167 Å². The molecule has 28 heavy (non-hydrogen) atoms. The van der Waals surface area contributed by atoms with Gasteiger partial charge < -0.3 is 4.74 Å². The molecule has 1 heterocycles. The number of rotatable bonds is 5. The van der Waals surface area contributed by atoms with E-state index < -0.39 is 0 Å². The Morgan fingerprint density at radius 3 is 2.54 bits per heavy atom. The van der Waals surface area contributed by atoms with Gasteiger partial charge in [-0.25, -0.2) is 4.98 Å². The van der Waals surface area contributed by atoms with E-state index in [0.717, 1.165) is 32.7 Å². The smallest absolute Gasteiger partial charge is 0.257 e. The molecule has 5 heteroatoms. The van der Waals surface area contributed by atoms with E-state index in [9.17, 15) is 4.79 Å². The van der Waals surface area contributed by atoms with Crippen molar-refractivity contribution in [2.24, 2.45) is 0 Å². The van der Waals surface area contributed by atoms with E-state index in [1.54, 1.807) is 0 Å². The molecule has 0 radical (unpaired) electrons. The predicted molar refractivity (Wildman–Crippen MR) is 115 cm³/mol. The number of amides is 1. The van der Waals surface area contributed by atoms with Crippen molar-refractivity contribution in [1.82, 2.24) is 4.98 Å². The fourth-order valence-corrected chi connectivity index (χ4v) is 3.92. The van der Waals surface area contributed by atoms with Crippen molar-refractivity contribution in [3.63, 3.8) is 0 Å². The van der Waals surface area contributed by atoms with E-state index in [2.05, 4.69) is 10.3 Å². The van der Waals surface area contributed by atoms with Crippen LogP contribution in [-0.2, 0) is 0 Å². The minimum absolute atomic E-state index is 0.155. The van der Waals surface area contributed by atoms with Gasteiger partial charge in [-0.05, 0) is 61.0 Å². The van der Waals surface area contributed by atoms with E-state index in [1.807, 2.05) is 80.6 Å². The summed E-state index contributed by atoms with van der Waals surface area (Å²) in [6, 6.07) is 21.5. The molecule has 140 valence electrons. The maximum Gasteiger partial charge on any atom is 0.257 e. The van der Waals surface area contributed by atoms with Crippen LogP contribution in [0.4, 0.5) is 5.13 Å². The minimum Gasteiger partial charge on any atom is -0.494 e. The van der Waals surface area contributed by atoms with Crippen molar-refractivity contribution in [2.75, 3.05) is 11.9 Å². The number of thiazole rings is 1. The lowest BCUT2D eigenvalue weighted by Gasteiger charge is -2.04. The Morgan fingerprint density at radius 1 is 1.04 bits per heavy atom. The van der Waals surface area contributed by atoms with Gasteiger partial charge in [0.25, 0.3) is 5.91 Å². The molecule has 3 aromatic carbocycles. The normalized spacial score (nSPS) is 10.8. The minimum atomic E-state index is -0.155. The number of nitrogens with zero attached hydrogens (tertiary/aromatic N) is 1. The third-order valence-corrected chi connectivity index (χ3v) is 5.35. The summed E-state index contributed by atoms with van der Waals surface area (Å²) in [5, 5.41) is 5.68. The van der Waals surface area contributed by atoms with E-state index in [0.29, 0.717) is 17.3 Å². The summed E-state index contributed by atoms with van der Waals surface area (Å²) in [7, 11) is 0. The number of nitrogens with one attached hydrogen (secondary N) is 1. The second-order valence-electron chi connectivity index (χ2n) is 6.40. The zero-order valence-corrected chi connectivity index (χ0v) is 16.5. The van der Waals surface area contributed by atoms with Gasteiger partial charge in [-0.3, -0.25) is 10.1 Å². The highest BCUT2D eigenvalue weighted by Crippen LogP contribution is 2.31. The van der Waals surface area contributed by atoms with Crippen molar-refractivity contribution < 1.29 is 9.53 Å². The summed E-state index contributed by atoms with van der Waals surface area (Å²) >= 11 is 1.48. The topological polar surface area (TPSA) is 51.2 Å². The first kappa shape index (κ1) is 18.2. The first-order valence-electron chi connectivity index (χ1n) is 9.15. The molecule has 0 unspecified atom stereocenters. The third kappa shape index (κ3) is 3.75. The van der Waals surface area contributed by atoms with Crippen LogP contribution in [-0.4, -0.2) is 17.5 Å². The molecule has 1 amide bonds. The highest BCUT2D eigenvalue weighted by atomic mass is 32.1. The van der Waals surface area contributed by atoms with Gasteiger partial charge in [0.05, 0.1) is 12.3 Å². The molecule has 0 fully saturated rings. The van der Waals surface area contributed by atoms with Crippen molar-refractivity contribution in [2.45, 2.75) is 13.8 Å². The number of fused-ring (bicyclic) bond motifs is 1. The average Bonchev–Trinajstić information content (AvgIpc) is 3.08. The van der Waals surface area contributed by atoms with Gasteiger partial charge in [0.1, 0.15) is 5.75 Å². The summed E-state index contributed by atoms with van der Waals surface area (Å²) in [5.41, 5.74) is 2.50. The molecule has 0 bridgehead atoms. The van der Waals surface area contributed by atoms with Crippen molar-refractivity contribution in [1.29, 1.82) is 0 Å². The molecule has 1 N–H and O–H groups in total. The Morgan fingerprint density at radius 2 is 1.79 bits per heavy atom. The lowest BCUT2D eigenvalue weighted by Crippen LogP contribution is -2.11. The van der Waals surface area contributed by atoms with Crippen LogP contribution in [0.3, 0.4) is 0 Å². The molecule has 0 spiro atoms. The molecule has 0 atom stereocenters. The quantitative estimate of drug-likeness (QED) is 0.461. The molecule has 0 saturated carbocycles. The maximum absolute atomic E-state index is 12.7. The van der Waals surface area contributed by atoms with Crippen molar-refractivity contribution >= 4 is 33.1 Å². The van der Waals surface area contributed by atoms with E-state index in [4.69, 9.17) is 4.74 Å². The van der Waals surface area contributed by atoms with Crippen LogP contribution in [0.25, 0.3) is 22.0 Å². The van der Waals surface area contributed by atoms with Crippen LogP contribution in [0, 0.1) is 6.92 Å². The van der Waals surface area contributed by atoms with Crippen LogP contribution in [0.2, 0.25) is 0 Å². The zero-order chi connectivity index (χ0) is 19.5. The third-order valence-electron chi connectivity index (χ3n) is 4.47. The Bertz CT molecular complexity index is 1130. The van der Waals surface area contributed by atoms with Crippen LogP contribution in [0.5, 0.6) is 5.75 Å². The van der Waals surface area contributed by atoms with Gasteiger partial charge in [-0.1, -0.05) is 30.3 Å². The fourth-order valence-electron chi connectivity index (χ4n) is 3.09. The molecule has 1 aromatic heterocycles. The number of carbonyl (C=O) groups is 1. The first-order valence-corrected chi connectivity index (χ1v) is 9.96. The van der Waals surface area contributed by atoms with Gasteiger partial charge in [0.15, 0.2) is 5.13 Å². The lowest BCUT2D eigenvalue weighted by molar-refractivity contribution is 0.102. The molecule has 0 saturated heterocycles. The average molecular weight is 388 g/mol. The zero-order valence-electron chi connectivity index (χ0n) is 15.7. The lowest BCUT2D eigenvalue weighted by atomic mass is 10.1. The molecule has 0 aliphatic heterocycles. The van der Waals surface area contributed by atoms with E-state index in [-0.39, 0.29) is 5.91 Å². The maximum atomic E-state index is 12.7. The summed E-state index contributed by atoms with van der Waals surface area (Å²) in [4.78, 5) is 18.4. The molecule has 4 aromatic rings. The summed E-state index contributed by atoms with van der Waals surface area (Å²) < 4.78 is 5.49. The first-order chi connectivity index (χ1) is 13.6. The largest absolute Gasteiger partial charge is 0.494 e. The Kier molecular flexibility index (Phi) is 5.08. The standard InChI is InChI=1S/C23H20N2O2S/c1-3-27-20-12-10-17(11-13-20)21-15(2)28-23(24-21)25-22(26)19-9-8-16-6-4-5-7-18(16)14-19/h4-14H,3H2,1-2H3,(H,24,25,26). The SMILES string of the molecule is CCOc1ccc(-c2nc(NC(=O)c3ccc4ccccc4c3)sc2C)cc1. The predicted octanol–water partition coefficient (Wildman–Crippen LogP) is 5.92. The van der Waals surface area contributed by atoms with Crippen molar-refractivity contribution in [3.8, 4) is 17.0 Å². The number of benzene rings is 3. The fraction of sp³-hybridized carbons (Fsp3) is 0.130. The molecule has 0 aliphatic carbocycles. The van der Waals surface area contributed by atoms with Crippen LogP contribution < -0.4 is 10.1 Å². The highest BCUT2D eigenvalue weighted by Gasteiger charge is 2.13. The van der Waals surface area contributed by atoms with Crippen molar-refractivity contribution in [3.05, 3.63) is 77.2 Å². The number of carbonyl (C=O) groups excluding carboxylic acids is 1. The number of ether oxygens (including phenoxy) is 1. The number of aromatic nitrogens is 1. The Hall–Kier alpha value is -3.18. The number of hydrogen-bond acceptors (Lipinski definition) is 4. The van der Waals surface area contributed by atoms with Gasteiger partial charge in [-0.15, -0.1) is 11.3 Å². The van der Waals surface area contributed by atoms with Gasteiger partial charge >= 0.3 is 0 Å². The molecular formula is C23H20N2O2S. The molecule has 0 aliphatic rings. The summed E-state index contributed by atoms with van der Waals surface area (Å²) in [5.74, 6) is 0.682. The van der Waals surface area contributed by atoms with Gasteiger partial charge in [0, 0.05) is 16.0 Å². The van der Waals surface area contributed by atoms with E-state index in [1.165, 1.54) is 11.3 Å². The monoisotopic (exact) mass is 388 g/mol. The molecule has 4 nitrogen and oxygen atoms in total. The summed E-state index contributed by atoms with van der Waals surface area (Å²) in [6.45, 7) is 4.61. The summed E-state index contributed by atoms with van der Waals surface area (Å²) in [6.07, 6.45) is 0. The molecule has 4 rings (SSSR count). The van der Waals surface area contributed by atoms with Crippen LogP contribution >= 0.6 is 11.3 Å².